The number of hydrogen-bond acceptors (Lipinski definition) is 3. The van der Waals surface area contributed by atoms with E-state index in [2.05, 4.69) is 6.92 Å². The normalized spacial score (nSPS) is 23.4. The van der Waals surface area contributed by atoms with Gasteiger partial charge in [-0.25, -0.2) is 8.42 Å². The molecule has 1 heterocycles. The van der Waals surface area contributed by atoms with E-state index in [4.69, 9.17) is 5.73 Å². The predicted molar refractivity (Wildman–Crippen MR) is 73.9 cm³/mol. The molecule has 2 N–H and O–H groups in total. The summed E-state index contributed by atoms with van der Waals surface area (Å²) in [4.78, 5) is 0. The number of nitrogens with two attached hydrogens (primary N) is 1. The standard InChI is InChI=1S/C11H24N2O2S.ClH/c1-3-5-10(2)9-16(14,15)13-7-4-6-11(13)8-12;/h10-11H,3-9,12H2,1-2H3;1H. The highest BCUT2D eigenvalue weighted by Crippen LogP contribution is 2.22. The summed E-state index contributed by atoms with van der Waals surface area (Å²) < 4.78 is 25.9. The molecule has 2 atom stereocenters. The lowest BCUT2D eigenvalue weighted by atomic mass is 10.1. The molecule has 1 aliphatic heterocycles. The van der Waals surface area contributed by atoms with Crippen molar-refractivity contribution in [2.45, 2.75) is 45.6 Å². The number of rotatable bonds is 6. The van der Waals surface area contributed by atoms with Crippen molar-refractivity contribution in [2.75, 3.05) is 18.8 Å². The molecule has 1 saturated heterocycles. The molecule has 0 bridgehead atoms. The first kappa shape index (κ1) is 17.2. The molecule has 0 aliphatic carbocycles. The summed E-state index contributed by atoms with van der Waals surface area (Å²) in [5.41, 5.74) is 5.60. The summed E-state index contributed by atoms with van der Waals surface area (Å²) in [5, 5.41) is 0. The topological polar surface area (TPSA) is 63.4 Å². The van der Waals surface area contributed by atoms with Crippen molar-refractivity contribution in [1.29, 1.82) is 0 Å². The fraction of sp³-hybridized carbons (Fsp3) is 1.00. The fourth-order valence-electron chi connectivity index (χ4n) is 2.44. The molecule has 0 aromatic carbocycles. The van der Waals surface area contributed by atoms with Crippen LogP contribution in [0.2, 0.25) is 0 Å². The second-order valence-corrected chi connectivity index (χ2v) is 6.78. The molecule has 0 aromatic heterocycles. The molecular formula is C11H25ClN2O2S. The summed E-state index contributed by atoms with van der Waals surface area (Å²) in [5.74, 6) is 0.520. The largest absolute Gasteiger partial charge is 0.329 e. The van der Waals surface area contributed by atoms with Gasteiger partial charge in [0.1, 0.15) is 0 Å². The summed E-state index contributed by atoms with van der Waals surface area (Å²) >= 11 is 0. The second-order valence-electron chi connectivity index (χ2n) is 4.81. The van der Waals surface area contributed by atoms with E-state index in [-0.39, 0.29) is 30.1 Å². The Bertz CT molecular complexity index is 309. The van der Waals surface area contributed by atoms with Gasteiger partial charge >= 0.3 is 0 Å². The second kappa shape index (κ2) is 7.56. The van der Waals surface area contributed by atoms with E-state index in [1.165, 1.54) is 0 Å². The zero-order chi connectivity index (χ0) is 12.2. The Morgan fingerprint density at radius 1 is 1.47 bits per heavy atom. The zero-order valence-corrected chi connectivity index (χ0v) is 12.4. The first-order valence-electron chi connectivity index (χ1n) is 6.20. The van der Waals surface area contributed by atoms with Crippen LogP contribution in [0, 0.1) is 5.92 Å². The van der Waals surface area contributed by atoms with Crippen molar-refractivity contribution in [3.8, 4) is 0 Å². The van der Waals surface area contributed by atoms with E-state index in [0.29, 0.717) is 13.1 Å². The van der Waals surface area contributed by atoms with Gasteiger partial charge in [0.15, 0.2) is 0 Å². The lowest BCUT2D eigenvalue weighted by Gasteiger charge is -2.24. The van der Waals surface area contributed by atoms with Crippen molar-refractivity contribution < 1.29 is 8.42 Å². The number of sulfonamides is 1. The highest BCUT2D eigenvalue weighted by atomic mass is 35.5. The SMILES string of the molecule is CCCC(C)CS(=O)(=O)N1CCCC1CN.Cl. The minimum Gasteiger partial charge on any atom is -0.329 e. The molecule has 17 heavy (non-hydrogen) atoms. The molecule has 0 saturated carbocycles. The van der Waals surface area contributed by atoms with Crippen LogP contribution in [0.4, 0.5) is 0 Å². The van der Waals surface area contributed by atoms with E-state index in [1.54, 1.807) is 4.31 Å². The molecule has 4 nitrogen and oxygen atoms in total. The Hall–Kier alpha value is 0.160. The van der Waals surface area contributed by atoms with Crippen LogP contribution in [-0.2, 0) is 10.0 Å². The van der Waals surface area contributed by atoms with Gasteiger partial charge in [-0.15, -0.1) is 12.4 Å². The Morgan fingerprint density at radius 3 is 2.65 bits per heavy atom. The van der Waals surface area contributed by atoms with Gasteiger partial charge < -0.3 is 5.73 Å². The van der Waals surface area contributed by atoms with Crippen LogP contribution >= 0.6 is 12.4 Å². The van der Waals surface area contributed by atoms with Crippen LogP contribution in [0.15, 0.2) is 0 Å². The van der Waals surface area contributed by atoms with Crippen LogP contribution < -0.4 is 5.73 Å². The van der Waals surface area contributed by atoms with Gasteiger partial charge in [0.25, 0.3) is 0 Å². The van der Waals surface area contributed by atoms with E-state index >= 15 is 0 Å². The Labute approximate surface area is 111 Å². The van der Waals surface area contributed by atoms with Gasteiger partial charge in [-0.2, -0.15) is 4.31 Å². The first-order chi connectivity index (χ1) is 7.51. The third-order valence-electron chi connectivity index (χ3n) is 3.23. The maximum atomic E-state index is 12.2. The smallest absolute Gasteiger partial charge is 0.214 e. The Kier molecular flexibility index (Phi) is 7.63. The lowest BCUT2D eigenvalue weighted by molar-refractivity contribution is 0.387. The molecule has 0 spiro atoms. The monoisotopic (exact) mass is 284 g/mol. The van der Waals surface area contributed by atoms with Crippen molar-refractivity contribution in [1.82, 2.24) is 4.31 Å². The van der Waals surface area contributed by atoms with Crippen molar-refractivity contribution >= 4 is 22.4 Å². The number of halogens is 1. The lowest BCUT2D eigenvalue weighted by Crippen LogP contribution is -2.42. The van der Waals surface area contributed by atoms with Gasteiger partial charge in [-0.1, -0.05) is 20.3 Å². The van der Waals surface area contributed by atoms with Crippen LogP contribution in [0.3, 0.4) is 0 Å². The van der Waals surface area contributed by atoms with Gasteiger partial charge in [-0.05, 0) is 25.2 Å². The maximum Gasteiger partial charge on any atom is 0.214 e. The minimum absolute atomic E-state index is 0. The molecule has 1 fully saturated rings. The van der Waals surface area contributed by atoms with E-state index < -0.39 is 10.0 Å². The van der Waals surface area contributed by atoms with Gasteiger partial charge in [0.05, 0.1) is 5.75 Å². The first-order valence-corrected chi connectivity index (χ1v) is 7.81. The molecule has 0 aromatic rings. The van der Waals surface area contributed by atoms with Gasteiger partial charge in [-0.3, -0.25) is 0 Å². The maximum absolute atomic E-state index is 12.2. The third kappa shape index (κ3) is 4.73. The fourth-order valence-corrected chi connectivity index (χ4v) is 4.57. The highest BCUT2D eigenvalue weighted by Gasteiger charge is 2.33. The van der Waals surface area contributed by atoms with E-state index in [0.717, 1.165) is 25.7 Å². The van der Waals surface area contributed by atoms with E-state index in [1.807, 2.05) is 6.92 Å². The molecule has 6 heteroatoms. The number of nitrogens with zero attached hydrogens (tertiary/aromatic N) is 1. The molecule has 0 radical (unpaired) electrons. The average Bonchev–Trinajstić information content (AvgIpc) is 2.65. The quantitative estimate of drug-likeness (QED) is 0.806. The molecule has 1 aliphatic rings. The van der Waals surface area contributed by atoms with Crippen LogP contribution in [0.5, 0.6) is 0 Å². The molecule has 0 amide bonds. The molecule has 2 unspecified atom stereocenters. The van der Waals surface area contributed by atoms with Gasteiger partial charge in [0, 0.05) is 19.1 Å². The highest BCUT2D eigenvalue weighted by molar-refractivity contribution is 7.89. The summed E-state index contributed by atoms with van der Waals surface area (Å²) in [7, 11) is -3.09. The molecule has 1 rings (SSSR count). The molecular weight excluding hydrogens is 260 g/mol. The number of hydrogen-bond donors (Lipinski definition) is 1. The Balaban J connectivity index is 0.00000256. The Morgan fingerprint density at radius 2 is 2.12 bits per heavy atom. The summed E-state index contributed by atoms with van der Waals surface area (Å²) in [6.45, 7) is 5.20. The van der Waals surface area contributed by atoms with Crippen LogP contribution in [0.25, 0.3) is 0 Å². The third-order valence-corrected chi connectivity index (χ3v) is 5.41. The van der Waals surface area contributed by atoms with Crippen LogP contribution in [-0.4, -0.2) is 37.6 Å². The molecule has 104 valence electrons. The zero-order valence-electron chi connectivity index (χ0n) is 10.8. The van der Waals surface area contributed by atoms with Crippen molar-refractivity contribution in [2.24, 2.45) is 11.7 Å². The average molecular weight is 285 g/mol. The van der Waals surface area contributed by atoms with E-state index in [9.17, 15) is 8.42 Å². The summed E-state index contributed by atoms with van der Waals surface area (Å²) in [6, 6.07) is 0.0406. The summed E-state index contributed by atoms with van der Waals surface area (Å²) in [6.07, 6.45) is 3.87. The van der Waals surface area contributed by atoms with Gasteiger partial charge in [0.2, 0.25) is 10.0 Å². The van der Waals surface area contributed by atoms with Crippen molar-refractivity contribution in [3.63, 3.8) is 0 Å². The van der Waals surface area contributed by atoms with Crippen molar-refractivity contribution in [3.05, 3.63) is 0 Å². The predicted octanol–water partition coefficient (Wildman–Crippen LogP) is 1.60. The van der Waals surface area contributed by atoms with Crippen LogP contribution in [0.1, 0.15) is 39.5 Å². The minimum atomic E-state index is -3.09.